The Morgan fingerprint density at radius 1 is 1.38 bits per heavy atom. The van der Waals surface area contributed by atoms with E-state index in [1.807, 2.05) is 0 Å². The fraction of sp³-hybridized carbons (Fsp3) is 0.417. The van der Waals surface area contributed by atoms with Crippen LogP contribution in [-0.4, -0.2) is 24.7 Å². The fourth-order valence-electron chi connectivity index (χ4n) is 1.88. The molecule has 3 rings (SSSR count). The van der Waals surface area contributed by atoms with Crippen molar-refractivity contribution in [3.63, 3.8) is 0 Å². The van der Waals surface area contributed by atoms with Gasteiger partial charge in [0.2, 0.25) is 0 Å². The van der Waals surface area contributed by atoms with E-state index in [9.17, 15) is 8.42 Å². The standard InChI is InChI=1S/C12H15ClN4O2S2/c13-11-4-3-10(20-11)7-16-21(18,19)12-8(6-15-17-12)5-14-9-1-2-9/h3-4,6,9,14,16H,1-2,5,7H2,(H,15,17). The van der Waals surface area contributed by atoms with Gasteiger partial charge in [-0.3, -0.25) is 5.10 Å². The minimum atomic E-state index is -3.61. The summed E-state index contributed by atoms with van der Waals surface area (Å²) >= 11 is 7.18. The highest BCUT2D eigenvalue weighted by Crippen LogP contribution is 2.22. The molecule has 1 aliphatic carbocycles. The minimum absolute atomic E-state index is 0.123. The van der Waals surface area contributed by atoms with Crippen LogP contribution >= 0.6 is 22.9 Å². The molecule has 0 aromatic carbocycles. The van der Waals surface area contributed by atoms with E-state index in [1.165, 1.54) is 11.3 Å². The van der Waals surface area contributed by atoms with Crippen LogP contribution in [0, 0.1) is 0 Å². The van der Waals surface area contributed by atoms with Crippen molar-refractivity contribution >= 4 is 33.0 Å². The Labute approximate surface area is 132 Å². The Morgan fingerprint density at radius 2 is 2.19 bits per heavy atom. The molecule has 1 saturated carbocycles. The predicted octanol–water partition coefficient (Wildman–Crippen LogP) is 1.86. The van der Waals surface area contributed by atoms with Gasteiger partial charge in [-0.15, -0.1) is 11.3 Å². The SMILES string of the molecule is O=S(=O)(NCc1ccc(Cl)s1)c1[nH]ncc1CNC1CC1. The van der Waals surface area contributed by atoms with Gasteiger partial charge in [0, 0.05) is 29.6 Å². The quantitative estimate of drug-likeness (QED) is 0.714. The summed E-state index contributed by atoms with van der Waals surface area (Å²) in [6.45, 7) is 0.719. The van der Waals surface area contributed by atoms with Crippen LogP contribution < -0.4 is 10.0 Å². The summed E-state index contributed by atoms with van der Waals surface area (Å²) in [6, 6.07) is 4.06. The van der Waals surface area contributed by atoms with Crippen LogP contribution in [0.4, 0.5) is 0 Å². The lowest BCUT2D eigenvalue weighted by Gasteiger charge is -2.07. The molecule has 0 radical (unpaired) electrons. The Bertz CT molecular complexity index is 721. The third-order valence-corrected chi connectivity index (χ3v) is 5.82. The molecule has 2 heterocycles. The van der Waals surface area contributed by atoms with Gasteiger partial charge in [0.05, 0.1) is 10.5 Å². The average molecular weight is 347 g/mol. The zero-order valence-electron chi connectivity index (χ0n) is 11.1. The smallest absolute Gasteiger partial charge is 0.258 e. The van der Waals surface area contributed by atoms with Crippen LogP contribution in [0.5, 0.6) is 0 Å². The molecule has 6 nitrogen and oxygen atoms in total. The molecule has 0 amide bonds. The molecular weight excluding hydrogens is 332 g/mol. The number of hydrogen-bond donors (Lipinski definition) is 3. The van der Waals surface area contributed by atoms with Gasteiger partial charge in [0.15, 0.2) is 5.03 Å². The van der Waals surface area contributed by atoms with Gasteiger partial charge in [-0.25, -0.2) is 13.1 Å². The molecular formula is C12H15ClN4O2S2. The first-order valence-electron chi connectivity index (χ1n) is 6.54. The van der Waals surface area contributed by atoms with Crippen LogP contribution in [-0.2, 0) is 23.1 Å². The normalized spacial score (nSPS) is 15.5. The number of aromatic nitrogens is 2. The number of nitrogens with one attached hydrogen (secondary N) is 3. The molecule has 0 aliphatic heterocycles. The van der Waals surface area contributed by atoms with Crippen molar-refractivity contribution in [1.29, 1.82) is 0 Å². The van der Waals surface area contributed by atoms with Crippen molar-refractivity contribution in [2.45, 2.75) is 37.0 Å². The summed E-state index contributed by atoms with van der Waals surface area (Å²) in [5, 5.41) is 9.82. The Balaban J connectivity index is 1.67. The van der Waals surface area contributed by atoms with Gasteiger partial charge in [0.1, 0.15) is 0 Å². The molecule has 0 unspecified atom stereocenters. The maximum atomic E-state index is 12.3. The molecule has 0 bridgehead atoms. The second-order valence-electron chi connectivity index (χ2n) is 4.91. The number of sulfonamides is 1. The van der Waals surface area contributed by atoms with Gasteiger partial charge in [0.25, 0.3) is 10.0 Å². The zero-order valence-corrected chi connectivity index (χ0v) is 13.5. The van der Waals surface area contributed by atoms with Crippen molar-refractivity contribution in [3.05, 3.63) is 33.1 Å². The van der Waals surface area contributed by atoms with Gasteiger partial charge in [-0.1, -0.05) is 11.6 Å². The van der Waals surface area contributed by atoms with Crippen LogP contribution in [0.1, 0.15) is 23.3 Å². The molecule has 0 atom stereocenters. The lowest BCUT2D eigenvalue weighted by atomic mass is 10.3. The number of thiophene rings is 1. The van der Waals surface area contributed by atoms with Crippen molar-refractivity contribution in [3.8, 4) is 0 Å². The largest absolute Gasteiger partial charge is 0.310 e. The second kappa shape index (κ2) is 6.05. The van der Waals surface area contributed by atoms with Crippen molar-refractivity contribution in [1.82, 2.24) is 20.2 Å². The fourth-order valence-corrected chi connectivity index (χ4v) is 4.14. The first kappa shape index (κ1) is 15.0. The van der Waals surface area contributed by atoms with Gasteiger partial charge >= 0.3 is 0 Å². The third-order valence-electron chi connectivity index (χ3n) is 3.17. The molecule has 114 valence electrons. The molecule has 21 heavy (non-hydrogen) atoms. The monoisotopic (exact) mass is 346 g/mol. The highest BCUT2D eigenvalue weighted by atomic mass is 35.5. The molecule has 2 aromatic heterocycles. The van der Waals surface area contributed by atoms with Crippen molar-refractivity contribution in [2.75, 3.05) is 0 Å². The van der Waals surface area contributed by atoms with E-state index >= 15 is 0 Å². The van der Waals surface area contributed by atoms with E-state index in [-0.39, 0.29) is 11.6 Å². The molecule has 0 saturated heterocycles. The highest BCUT2D eigenvalue weighted by Gasteiger charge is 2.24. The van der Waals surface area contributed by atoms with E-state index in [0.717, 1.165) is 17.7 Å². The molecule has 1 aliphatic rings. The minimum Gasteiger partial charge on any atom is -0.310 e. The topological polar surface area (TPSA) is 86.9 Å². The summed E-state index contributed by atoms with van der Waals surface area (Å²) in [7, 11) is -3.61. The number of nitrogens with zero attached hydrogens (tertiary/aromatic N) is 1. The highest BCUT2D eigenvalue weighted by molar-refractivity contribution is 7.89. The summed E-state index contributed by atoms with van der Waals surface area (Å²) < 4.78 is 27.8. The maximum absolute atomic E-state index is 12.3. The third kappa shape index (κ3) is 3.83. The summed E-state index contributed by atoms with van der Waals surface area (Å²) in [5.41, 5.74) is 0.651. The lowest BCUT2D eigenvalue weighted by Crippen LogP contribution is -2.25. The number of rotatable bonds is 7. The van der Waals surface area contributed by atoms with Crippen LogP contribution in [0.25, 0.3) is 0 Å². The molecule has 2 aromatic rings. The number of H-pyrrole nitrogens is 1. The van der Waals surface area contributed by atoms with E-state index in [2.05, 4.69) is 20.2 Å². The van der Waals surface area contributed by atoms with Crippen molar-refractivity contribution < 1.29 is 8.42 Å². The van der Waals surface area contributed by atoms with E-state index in [1.54, 1.807) is 18.3 Å². The van der Waals surface area contributed by atoms with E-state index in [4.69, 9.17) is 11.6 Å². The van der Waals surface area contributed by atoms with Crippen molar-refractivity contribution in [2.24, 2.45) is 0 Å². The van der Waals surface area contributed by atoms with Gasteiger partial charge < -0.3 is 5.32 Å². The zero-order chi connectivity index (χ0) is 14.9. The number of halogens is 1. The maximum Gasteiger partial charge on any atom is 0.258 e. The molecule has 3 N–H and O–H groups in total. The summed E-state index contributed by atoms with van der Waals surface area (Å²) in [4.78, 5) is 0.862. The van der Waals surface area contributed by atoms with Crippen LogP contribution in [0.15, 0.2) is 23.4 Å². The Kier molecular flexibility index (Phi) is 4.32. The summed E-state index contributed by atoms with van der Waals surface area (Å²) in [6.07, 6.45) is 3.85. The molecule has 1 fully saturated rings. The van der Waals surface area contributed by atoms with E-state index in [0.29, 0.717) is 22.5 Å². The summed E-state index contributed by atoms with van der Waals surface area (Å²) in [5.74, 6) is 0. The van der Waals surface area contributed by atoms with Gasteiger partial charge in [-0.05, 0) is 25.0 Å². The Morgan fingerprint density at radius 3 is 2.86 bits per heavy atom. The predicted molar refractivity (Wildman–Crippen MR) is 81.8 cm³/mol. The first-order valence-corrected chi connectivity index (χ1v) is 9.22. The van der Waals surface area contributed by atoms with E-state index < -0.39 is 10.0 Å². The molecule has 9 heteroatoms. The van der Waals surface area contributed by atoms with Crippen LogP contribution in [0.2, 0.25) is 4.34 Å². The number of hydrogen-bond acceptors (Lipinski definition) is 5. The number of aromatic amines is 1. The molecule has 0 spiro atoms. The van der Waals surface area contributed by atoms with Crippen LogP contribution in [0.3, 0.4) is 0 Å². The lowest BCUT2D eigenvalue weighted by molar-refractivity contribution is 0.574. The first-order chi connectivity index (χ1) is 10.0. The Hall–Kier alpha value is -0.930. The average Bonchev–Trinajstić information content (AvgIpc) is 2.97. The second-order valence-corrected chi connectivity index (χ2v) is 8.41. The van der Waals surface area contributed by atoms with Gasteiger partial charge in [-0.2, -0.15) is 5.10 Å².